The van der Waals surface area contributed by atoms with E-state index in [0.29, 0.717) is 29.9 Å². The molecular formula is C19H24N7O6P. The van der Waals surface area contributed by atoms with Crippen molar-refractivity contribution in [2.45, 2.75) is 31.5 Å². The molecule has 0 radical (unpaired) electrons. The number of nitrogen functional groups attached to an aromatic ring is 1. The molecule has 0 amide bonds. The van der Waals surface area contributed by atoms with E-state index in [2.05, 4.69) is 25.4 Å². The minimum Gasteiger partial charge on any atom is -0.468 e. The lowest BCUT2D eigenvalue weighted by molar-refractivity contribution is -0.142. The molecule has 3 aromatic rings. The van der Waals surface area contributed by atoms with Crippen molar-refractivity contribution in [3.05, 3.63) is 36.7 Å². The van der Waals surface area contributed by atoms with Crippen LogP contribution in [0.5, 0.6) is 5.75 Å². The molecule has 1 aromatic carbocycles. The van der Waals surface area contributed by atoms with Gasteiger partial charge in [0.05, 0.1) is 32.5 Å². The van der Waals surface area contributed by atoms with Crippen molar-refractivity contribution in [2.24, 2.45) is 0 Å². The maximum Gasteiger partial charge on any atom is 0.459 e. The summed E-state index contributed by atoms with van der Waals surface area (Å²) in [5, 5.41) is 10.8. The summed E-state index contributed by atoms with van der Waals surface area (Å²) in [5.74, 6) is -0.0381. The molecule has 4 unspecified atom stereocenters. The molecule has 0 spiro atoms. The number of hydrogen-bond donors (Lipinski definition) is 2. The van der Waals surface area contributed by atoms with Crippen molar-refractivity contribution in [3.63, 3.8) is 0 Å². The number of aromatic nitrogens is 5. The van der Waals surface area contributed by atoms with Gasteiger partial charge in [0.25, 0.3) is 0 Å². The lowest BCUT2D eigenvalue weighted by Crippen LogP contribution is -2.35. The average molecular weight is 477 g/mol. The highest BCUT2D eigenvalue weighted by molar-refractivity contribution is 7.52. The van der Waals surface area contributed by atoms with Crippen LogP contribution in [0.15, 0.2) is 36.7 Å². The number of para-hydroxylation sites is 1. The van der Waals surface area contributed by atoms with Gasteiger partial charge in [-0.2, -0.15) is 5.09 Å². The lowest BCUT2D eigenvalue weighted by Gasteiger charge is -2.23. The van der Waals surface area contributed by atoms with E-state index in [9.17, 15) is 9.36 Å². The van der Waals surface area contributed by atoms with E-state index >= 15 is 0 Å². The van der Waals surface area contributed by atoms with Crippen molar-refractivity contribution in [2.75, 3.05) is 26.1 Å². The largest absolute Gasteiger partial charge is 0.468 e. The lowest BCUT2D eigenvalue weighted by atomic mass is 10.2. The maximum absolute atomic E-state index is 13.4. The zero-order chi connectivity index (χ0) is 23.4. The van der Waals surface area contributed by atoms with Crippen molar-refractivity contribution in [3.8, 4) is 5.75 Å². The second-order valence-electron chi connectivity index (χ2n) is 7.38. The van der Waals surface area contributed by atoms with Crippen molar-refractivity contribution < 1.29 is 27.9 Å². The van der Waals surface area contributed by atoms with Gasteiger partial charge in [-0.15, -0.1) is 5.10 Å². The van der Waals surface area contributed by atoms with Crippen LogP contribution >= 0.6 is 7.75 Å². The Kier molecular flexibility index (Phi) is 6.84. The normalized spacial score (nSPS) is 20.9. The summed E-state index contributed by atoms with van der Waals surface area (Å²) >= 11 is 0. The Morgan fingerprint density at radius 3 is 2.91 bits per heavy atom. The van der Waals surface area contributed by atoms with Crippen LogP contribution in [0.1, 0.15) is 19.4 Å². The number of rotatable bonds is 9. The molecule has 4 atom stereocenters. The first-order valence-electron chi connectivity index (χ1n) is 10.2. The number of fused-ring (bicyclic) bond motifs is 1. The van der Waals surface area contributed by atoms with Gasteiger partial charge in [0.15, 0.2) is 17.0 Å². The quantitative estimate of drug-likeness (QED) is 0.337. The molecule has 0 saturated carbocycles. The van der Waals surface area contributed by atoms with Crippen LogP contribution in [0.2, 0.25) is 0 Å². The van der Waals surface area contributed by atoms with Gasteiger partial charge in [0, 0.05) is 6.42 Å². The van der Waals surface area contributed by atoms with E-state index in [0.717, 1.165) is 0 Å². The van der Waals surface area contributed by atoms with Gasteiger partial charge in [-0.3, -0.25) is 9.32 Å². The summed E-state index contributed by atoms with van der Waals surface area (Å²) in [6.07, 6.45) is 1.44. The molecule has 13 nitrogen and oxygen atoms in total. The van der Waals surface area contributed by atoms with Gasteiger partial charge in [0.2, 0.25) is 0 Å². The molecule has 1 saturated heterocycles. The average Bonchev–Trinajstić information content (AvgIpc) is 3.45. The molecule has 3 heterocycles. The topological polar surface area (TPSA) is 166 Å². The van der Waals surface area contributed by atoms with Crippen molar-refractivity contribution in [1.82, 2.24) is 30.0 Å². The molecule has 0 bridgehead atoms. The molecular weight excluding hydrogens is 453 g/mol. The summed E-state index contributed by atoms with van der Waals surface area (Å²) in [6, 6.07) is 7.42. The summed E-state index contributed by atoms with van der Waals surface area (Å²) < 4.78 is 36.8. The second-order valence-corrected chi connectivity index (χ2v) is 9.08. The number of ether oxygens (including phenoxy) is 2. The van der Waals surface area contributed by atoms with E-state index in [4.69, 9.17) is 24.3 Å². The molecule has 2 aromatic heterocycles. The van der Waals surface area contributed by atoms with E-state index in [1.165, 1.54) is 20.4 Å². The number of nitrogens with two attached hydrogens (primary N) is 1. The van der Waals surface area contributed by atoms with Crippen LogP contribution < -0.4 is 15.3 Å². The minimum absolute atomic E-state index is 0.0503. The highest BCUT2D eigenvalue weighted by atomic mass is 31.2. The number of methoxy groups -OCH3 is 1. The predicted octanol–water partition coefficient (Wildman–Crippen LogP) is 1.49. The van der Waals surface area contributed by atoms with Gasteiger partial charge in [-0.1, -0.05) is 23.4 Å². The zero-order valence-electron chi connectivity index (χ0n) is 18.0. The van der Waals surface area contributed by atoms with E-state index in [1.807, 2.05) is 0 Å². The van der Waals surface area contributed by atoms with Gasteiger partial charge in [0.1, 0.15) is 18.1 Å². The molecule has 0 aliphatic carbocycles. The Morgan fingerprint density at radius 2 is 2.15 bits per heavy atom. The molecule has 14 heteroatoms. The SMILES string of the molecule is COC(=O)C(C)NP(=O)(OCC1CC(n2nnc3c(N)ncnc32)CO1)Oc1ccccc1. The number of nitrogens with one attached hydrogen (secondary N) is 1. The maximum atomic E-state index is 13.4. The third-order valence-corrected chi connectivity index (χ3v) is 6.64. The first kappa shape index (κ1) is 23.1. The highest BCUT2D eigenvalue weighted by Crippen LogP contribution is 2.45. The molecule has 176 valence electrons. The second kappa shape index (κ2) is 9.79. The number of benzene rings is 1. The third kappa shape index (κ3) is 5.28. The Morgan fingerprint density at radius 1 is 1.36 bits per heavy atom. The van der Waals surface area contributed by atoms with Crippen LogP contribution in [0, 0.1) is 0 Å². The number of nitrogens with zero attached hydrogens (tertiary/aromatic N) is 5. The summed E-state index contributed by atoms with van der Waals surface area (Å²) in [5.41, 5.74) is 6.74. The molecule has 4 rings (SSSR count). The van der Waals surface area contributed by atoms with Crippen LogP contribution in [0.25, 0.3) is 11.2 Å². The van der Waals surface area contributed by atoms with Crippen molar-refractivity contribution >= 4 is 30.7 Å². The predicted molar refractivity (Wildman–Crippen MR) is 116 cm³/mol. The summed E-state index contributed by atoms with van der Waals surface area (Å²) in [6.45, 7) is 1.78. The first-order chi connectivity index (χ1) is 15.9. The zero-order valence-corrected chi connectivity index (χ0v) is 18.9. The number of carbonyl (C=O) groups is 1. The Balaban J connectivity index is 1.43. The van der Waals surface area contributed by atoms with Crippen LogP contribution in [0.3, 0.4) is 0 Å². The monoisotopic (exact) mass is 477 g/mol. The standard InChI is InChI=1S/C19H24N7O6P/c1-12(19(27)29-2)24-33(28,32-14-6-4-3-5-7-14)31-10-15-8-13(9-30-15)26-18-16(23-25-26)17(20)21-11-22-18/h3-7,11-13,15H,8-10H2,1-2H3,(H,24,28)(H2,20,21,22). The molecule has 33 heavy (non-hydrogen) atoms. The van der Waals surface area contributed by atoms with E-state index in [-0.39, 0.29) is 18.5 Å². The molecule has 1 aliphatic heterocycles. The van der Waals surface area contributed by atoms with Gasteiger partial charge >= 0.3 is 13.7 Å². The number of esters is 1. The smallest absolute Gasteiger partial charge is 0.459 e. The molecule has 3 N–H and O–H groups in total. The fraction of sp³-hybridized carbons (Fsp3) is 0.421. The molecule has 1 fully saturated rings. The Labute approximate surface area is 189 Å². The first-order valence-corrected chi connectivity index (χ1v) is 11.7. The van der Waals surface area contributed by atoms with Gasteiger partial charge < -0.3 is 19.7 Å². The van der Waals surface area contributed by atoms with Gasteiger partial charge in [-0.25, -0.2) is 19.2 Å². The Hall–Kier alpha value is -3.12. The highest BCUT2D eigenvalue weighted by Gasteiger charge is 2.36. The van der Waals surface area contributed by atoms with Crippen molar-refractivity contribution in [1.29, 1.82) is 0 Å². The fourth-order valence-corrected chi connectivity index (χ4v) is 4.88. The summed E-state index contributed by atoms with van der Waals surface area (Å²) in [4.78, 5) is 19.9. The number of hydrogen-bond acceptors (Lipinski definition) is 11. The fourth-order valence-electron chi connectivity index (χ4n) is 3.36. The summed E-state index contributed by atoms with van der Waals surface area (Å²) in [7, 11) is -2.71. The van der Waals surface area contributed by atoms with Crippen LogP contribution in [-0.2, 0) is 23.4 Å². The Bertz CT molecular complexity index is 1160. The van der Waals surface area contributed by atoms with Gasteiger partial charge in [-0.05, 0) is 19.1 Å². The van der Waals surface area contributed by atoms with Crippen LogP contribution in [0.4, 0.5) is 5.82 Å². The minimum atomic E-state index is -3.95. The van der Waals surface area contributed by atoms with E-state index in [1.54, 1.807) is 35.0 Å². The number of anilines is 1. The number of carbonyl (C=O) groups excluding carboxylic acids is 1. The molecule has 1 aliphatic rings. The third-order valence-electron chi connectivity index (χ3n) is 5.00. The van der Waals surface area contributed by atoms with Crippen LogP contribution in [-0.4, -0.2) is 63.4 Å². The van der Waals surface area contributed by atoms with E-state index < -0.39 is 25.9 Å².